The molecule has 6 nitrogen and oxygen atoms in total. The third-order valence-corrected chi connectivity index (χ3v) is 4.23. The molecule has 1 fully saturated rings. The Hall–Kier alpha value is -1.40. The number of carbonyl (C=O) groups is 2. The van der Waals surface area contributed by atoms with E-state index in [1.807, 2.05) is 6.08 Å². The van der Waals surface area contributed by atoms with Crippen LogP contribution < -0.4 is 5.32 Å². The van der Waals surface area contributed by atoms with Crippen LogP contribution in [0.3, 0.4) is 0 Å². The van der Waals surface area contributed by atoms with Crippen LogP contribution in [-0.4, -0.2) is 47.4 Å². The van der Waals surface area contributed by atoms with E-state index in [1.54, 1.807) is 6.08 Å². The first-order valence-electron chi connectivity index (χ1n) is 6.96. The molecule has 1 amide bonds. The summed E-state index contributed by atoms with van der Waals surface area (Å²) in [6, 6.07) is 0. The molecule has 2 aliphatic rings. The lowest BCUT2D eigenvalue weighted by molar-refractivity contribution is -0.148. The van der Waals surface area contributed by atoms with Crippen molar-refractivity contribution in [3.8, 4) is 0 Å². The van der Waals surface area contributed by atoms with Crippen molar-refractivity contribution in [1.29, 1.82) is 0 Å². The Morgan fingerprint density at radius 1 is 1.20 bits per heavy atom. The maximum atomic E-state index is 12.4. The first kappa shape index (κ1) is 15.0. The average molecular weight is 283 g/mol. The maximum Gasteiger partial charge on any atom is 0.307 e. The molecule has 0 spiro atoms. The van der Waals surface area contributed by atoms with Crippen molar-refractivity contribution in [2.24, 2.45) is 11.8 Å². The van der Waals surface area contributed by atoms with Gasteiger partial charge in [0.15, 0.2) is 0 Å². The van der Waals surface area contributed by atoms with E-state index >= 15 is 0 Å². The molecule has 0 unspecified atom stereocenters. The number of rotatable bonds is 4. The molecule has 0 aromatic carbocycles. The molecule has 0 aromatic heterocycles. The van der Waals surface area contributed by atoms with Gasteiger partial charge in [0.2, 0.25) is 5.91 Å². The number of carboxylic acid groups (broad SMARTS) is 1. The highest BCUT2D eigenvalue weighted by molar-refractivity contribution is 5.85. The number of carbonyl (C=O) groups excluding carboxylic acids is 1. The fraction of sp³-hybridized carbons (Fsp3) is 0.714. The molecule has 112 valence electrons. The van der Waals surface area contributed by atoms with Gasteiger partial charge in [-0.25, -0.2) is 0 Å². The fourth-order valence-corrected chi connectivity index (χ4v) is 2.82. The number of hydrogen-bond acceptors (Lipinski definition) is 4. The predicted octanol–water partition coefficient (Wildman–Crippen LogP) is 0.311. The predicted molar refractivity (Wildman–Crippen MR) is 71.0 cm³/mol. The van der Waals surface area contributed by atoms with E-state index in [4.69, 9.17) is 4.74 Å². The highest BCUT2D eigenvalue weighted by Gasteiger charge is 2.39. The van der Waals surface area contributed by atoms with E-state index < -0.39 is 23.3 Å². The van der Waals surface area contributed by atoms with E-state index in [2.05, 4.69) is 5.32 Å². The molecular weight excluding hydrogens is 262 g/mol. The second-order valence-electron chi connectivity index (χ2n) is 5.53. The van der Waals surface area contributed by atoms with Crippen molar-refractivity contribution in [2.75, 3.05) is 19.8 Å². The molecule has 2 atom stereocenters. The summed E-state index contributed by atoms with van der Waals surface area (Å²) in [6.45, 7) is 0.837. The molecule has 2 rings (SSSR count). The van der Waals surface area contributed by atoms with Gasteiger partial charge in [-0.15, -0.1) is 0 Å². The highest BCUT2D eigenvalue weighted by atomic mass is 16.5. The second-order valence-corrected chi connectivity index (χ2v) is 5.53. The molecule has 1 heterocycles. The third-order valence-electron chi connectivity index (χ3n) is 4.23. The van der Waals surface area contributed by atoms with Crippen LogP contribution in [0, 0.1) is 11.8 Å². The highest BCUT2D eigenvalue weighted by Crippen LogP contribution is 2.28. The van der Waals surface area contributed by atoms with Crippen LogP contribution in [0.25, 0.3) is 0 Å². The van der Waals surface area contributed by atoms with Crippen LogP contribution >= 0.6 is 0 Å². The molecule has 0 saturated carbocycles. The van der Waals surface area contributed by atoms with Crippen molar-refractivity contribution in [3.05, 3.63) is 12.2 Å². The van der Waals surface area contributed by atoms with Crippen molar-refractivity contribution < 1.29 is 24.5 Å². The molecule has 3 N–H and O–H groups in total. The zero-order valence-corrected chi connectivity index (χ0v) is 11.4. The summed E-state index contributed by atoms with van der Waals surface area (Å²) in [7, 11) is 0. The fourth-order valence-electron chi connectivity index (χ4n) is 2.82. The van der Waals surface area contributed by atoms with Gasteiger partial charge in [0.25, 0.3) is 0 Å². The Kier molecular flexibility index (Phi) is 4.77. The summed E-state index contributed by atoms with van der Waals surface area (Å²) in [4.78, 5) is 23.6. The van der Waals surface area contributed by atoms with Crippen molar-refractivity contribution >= 4 is 11.9 Å². The van der Waals surface area contributed by atoms with E-state index in [0.29, 0.717) is 38.9 Å². The minimum Gasteiger partial charge on any atom is -0.481 e. The Balaban J connectivity index is 2.05. The van der Waals surface area contributed by atoms with E-state index in [0.717, 1.165) is 0 Å². The lowest BCUT2D eigenvalue weighted by Gasteiger charge is -2.38. The van der Waals surface area contributed by atoms with Gasteiger partial charge in [0.05, 0.1) is 24.0 Å². The number of aliphatic hydroxyl groups is 1. The zero-order chi connectivity index (χ0) is 14.6. The monoisotopic (exact) mass is 283 g/mol. The Morgan fingerprint density at radius 2 is 1.80 bits per heavy atom. The summed E-state index contributed by atoms with van der Waals surface area (Å²) in [5.41, 5.74) is -0.667. The van der Waals surface area contributed by atoms with Crippen LogP contribution in [-0.2, 0) is 14.3 Å². The number of amides is 1. The van der Waals surface area contributed by atoms with Gasteiger partial charge in [-0.05, 0) is 25.7 Å². The van der Waals surface area contributed by atoms with Crippen LogP contribution in [0.15, 0.2) is 12.2 Å². The van der Waals surface area contributed by atoms with Gasteiger partial charge in [-0.3, -0.25) is 9.59 Å². The molecular formula is C14H21NO5. The Labute approximate surface area is 117 Å². The number of aliphatic hydroxyl groups excluding tert-OH is 1. The Morgan fingerprint density at radius 3 is 2.35 bits per heavy atom. The number of nitrogens with one attached hydrogen (secondary N) is 1. The quantitative estimate of drug-likeness (QED) is 0.645. The number of hydrogen-bond donors (Lipinski definition) is 3. The minimum absolute atomic E-state index is 0.150. The topological polar surface area (TPSA) is 95.9 Å². The lowest BCUT2D eigenvalue weighted by Crippen LogP contribution is -2.57. The molecule has 0 radical (unpaired) electrons. The number of allylic oxidation sites excluding steroid dienone is 2. The number of carboxylic acids is 1. The summed E-state index contributed by atoms with van der Waals surface area (Å²) < 4.78 is 5.25. The Bertz CT molecular complexity index is 400. The smallest absolute Gasteiger partial charge is 0.307 e. The van der Waals surface area contributed by atoms with Gasteiger partial charge in [0.1, 0.15) is 0 Å². The van der Waals surface area contributed by atoms with E-state index in [1.165, 1.54) is 0 Å². The lowest BCUT2D eigenvalue weighted by atomic mass is 9.81. The third kappa shape index (κ3) is 3.19. The van der Waals surface area contributed by atoms with E-state index in [9.17, 15) is 19.8 Å². The number of aliphatic carboxylic acids is 1. The van der Waals surface area contributed by atoms with Crippen LogP contribution in [0.1, 0.15) is 25.7 Å². The average Bonchev–Trinajstić information content (AvgIpc) is 2.48. The minimum atomic E-state index is -0.945. The van der Waals surface area contributed by atoms with Gasteiger partial charge in [-0.2, -0.15) is 0 Å². The normalized spacial score (nSPS) is 28.9. The molecule has 1 aliphatic carbocycles. The molecule has 20 heavy (non-hydrogen) atoms. The van der Waals surface area contributed by atoms with Crippen molar-refractivity contribution in [2.45, 2.75) is 31.2 Å². The number of ether oxygens (including phenoxy) is 1. The van der Waals surface area contributed by atoms with Gasteiger partial charge in [0, 0.05) is 13.2 Å². The summed E-state index contributed by atoms with van der Waals surface area (Å²) in [5.74, 6) is -2.48. The molecule has 0 bridgehead atoms. The van der Waals surface area contributed by atoms with Crippen molar-refractivity contribution in [1.82, 2.24) is 5.32 Å². The van der Waals surface area contributed by atoms with Crippen LogP contribution in [0.5, 0.6) is 0 Å². The van der Waals surface area contributed by atoms with Crippen molar-refractivity contribution in [3.63, 3.8) is 0 Å². The first-order chi connectivity index (χ1) is 9.58. The molecule has 1 aliphatic heterocycles. The summed E-state index contributed by atoms with van der Waals surface area (Å²) in [5, 5.41) is 21.6. The van der Waals surface area contributed by atoms with Crippen LogP contribution in [0.2, 0.25) is 0 Å². The molecule has 1 saturated heterocycles. The second kappa shape index (κ2) is 6.37. The van der Waals surface area contributed by atoms with Gasteiger partial charge >= 0.3 is 5.97 Å². The van der Waals surface area contributed by atoms with Crippen LogP contribution in [0.4, 0.5) is 0 Å². The van der Waals surface area contributed by atoms with Gasteiger partial charge < -0.3 is 20.3 Å². The molecule has 0 aromatic rings. The SMILES string of the molecule is O=C(O)[C@H]1CC=CC[C@H]1C(=O)NC1(CO)CCOCC1. The zero-order valence-electron chi connectivity index (χ0n) is 11.4. The molecule has 6 heteroatoms. The maximum absolute atomic E-state index is 12.4. The summed E-state index contributed by atoms with van der Waals surface area (Å²) in [6.07, 6.45) is 5.56. The summed E-state index contributed by atoms with van der Waals surface area (Å²) >= 11 is 0. The first-order valence-corrected chi connectivity index (χ1v) is 6.96. The standard InChI is InChI=1S/C14H21NO5/c16-9-14(5-7-20-8-6-14)15-12(17)10-3-1-2-4-11(10)13(18)19/h1-2,10-11,16H,3-9H2,(H,15,17)(H,18,19)/t10-,11+/m1/s1. The van der Waals surface area contributed by atoms with E-state index in [-0.39, 0.29) is 12.5 Å². The largest absolute Gasteiger partial charge is 0.481 e. The van der Waals surface area contributed by atoms with Gasteiger partial charge in [-0.1, -0.05) is 12.2 Å².